The molecule has 1 aliphatic heterocycles. The summed E-state index contributed by atoms with van der Waals surface area (Å²) in [5.74, 6) is -3.17. The Morgan fingerprint density at radius 3 is 2.50 bits per heavy atom. The first-order valence-electron chi connectivity index (χ1n) is 9.77. The molecule has 2 heterocycles. The number of hydrogen-bond acceptors (Lipinski definition) is 5. The molecule has 1 aromatic carbocycles. The number of pyridine rings is 1. The summed E-state index contributed by atoms with van der Waals surface area (Å²) in [4.78, 5) is 36.1. The molecule has 172 valence electrons. The molecular weight excluding hydrogens is 438 g/mol. The van der Waals surface area contributed by atoms with Gasteiger partial charge >= 0.3 is 18.2 Å². The number of carbonyl (C=O) groups excluding carboxylic acids is 1. The largest absolute Gasteiger partial charge is 0.511 e. The van der Waals surface area contributed by atoms with Crippen molar-refractivity contribution < 1.29 is 37.0 Å². The van der Waals surface area contributed by atoms with Crippen LogP contribution in [0.4, 0.5) is 28.0 Å². The maximum atomic E-state index is 14.9. The fourth-order valence-electron chi connectivity index (χ4n) is 3.95. The van der Waals surface area contributed by atoms with E-state index in [0.717, 1.165) is 18.9 Å². The Morgan fingerprint density at radius 1 is 1.28 bits per heavy atom. The van der Waals surface area contributed by atoms with Gasteiger partial charge < -0.3 is 24.6 Å². The van der Waals surface area contributed by atoms with Gasteiger partial charge in [0.1, 0.15) is 5.82 Å². The van der Waals surface area contributed by atoms with Crippen molar-refractivity contribution in [1.29, 1.82) is 0 Å². The zero-order valence-electron chi connectivity index (χ0n) is 16.8. The van der Waals surface area contributed by atoms with Gasteiger partial charge in [0.15, 0.2) is 5.75 Å². The lowest BCUT2D eigenvalue weighted by Gasteiger charge is -2.49. The van der Waals surface area contributed by atoms with Crippen LogP contribution in [0.1, 0.15) is 25.8 Å². The summed E-state index contributed by atoms with van der Waals surface area (Å²) < 4.78 is 58.3. The van der Waals surface area contributed by atoms with E-state index in [1.165, 1.54) is 12.3 Å². The summed E-state index contributed by atoms with van der Waals surface area (Å²) in [5, 5.41) is 10.7. The monoisotopic (exact) mass is 457 g/mol. The van der Waals surface area contributed by atoms with Gasteiger partial charge in [0.05, 0.1) is 22.8 Å². The highest BCUT2D eigenvalue weighted by Gasteiger charge is 2.44. The van der Waals surface area contributed by atoms with Crippen LogP contribution in [0.15, 0.2) is 23.1 Å². The van der Waals surface area contributed by atoms with Crippen molar-refractivity contribution in [2.75, 3.05) is 24.5 Å². The minimum atomic E-state index is -4.97. The molecule has 0 atom stereocenters. The summed E-state index contributed by atoms with van der Waals surface area (Å²) in [6.45, 7) is 1.84. The van der Waals surface area contributed by atoms with E-state index in [0.29, 0.717) is 5.52 Å². The van der Waals surface area contributed by atoms with Crippen molar-refractivity contribution in [3.8, 4) is 5.75 Å². The lowest BCUT2D eigenvalue weighted by Crippen LogP contribution is -2.60. The number of aromatic nitrogens is 1. The zero-order valence-corrected chi connectivity index (χ0v) is 16.8. The summed E-state index contributed by atoms with van der Waals surface area (Å²) in [7, 11) is 0. The predicted molar refractivity (Wildman–Crippen MR) is 104 cm³/mol. The van der Waals surface area contributed by atoms with Crippen molar-refractivity contribution in [2.24, 2.45) is 5.41 Å². The Kier molecular flexibility index (Phi) is 5.05. The molecule has 4 rings (SSSR count). The molecule has 0 bridgehead atoms. The highest BCUT2D eigenvalue weighted by Crippen LogP contribution is 2.40. The molecule has 1 saturated carbocycles. The smallest absolute Gasteiger partial charge is 0.449 e. The number of ether oxygens (including phenoxy) is 1. The number of benzene rings is 1. The summed E-state index contributed by atoms with van der Waals surface area (Å²) in [6, 6.07) is 2.51. The molecule has 1 saturated heterocycles. The fourth-order valence-corrected chi connectivity index (χ4v) is 3.95. The van der Waals surface area contributed by atoms with Gasteiger partial charge in [0.2, 0.25) is 5.43 Å². The number of nitrogens with one attached hydrogen (secondary N) is 1. The van der Waals surface area contributed by atoms with Crippen LogP contribution in [0.5, 0.6) is 5.75 Å². The first-order chi connectivity index (χ1) is 14.9. The topological polar surface area (TPSA) is 101 Å². The van der Waals surface area contributed by atoms with E-state index >= 15 is 0 Å². The second kappa shape index (κ2) is 7.38. The summed E-state index contributed by atoms with van der Waals surface area (Å²) in [5.41, 5.74) is -0.867. The van der Waals surface area contributed by atoms with Gasteiger partial charge in [-0.1, -0.05) is 6.92 Å². The number of fused-ring (bicyclic) bond motifs is 1. The number of rotatable bonds is 5. The average molecular weight is 457 g/mol. The fraction of sp³-hybridized carbons (Fsp3) is 0.450. The average Bonchev–Trinajstić information content (AvgIpc) is 3.50. The van der Waals surface area contributed by atoms with Gasteiger partial charge in [-0.05, 0) is 25.0 Å². The van der Waals surface area contributed by atoms with Crippen molar-refractivity contribution >= 4 is 28.7 Å². The normalized spacial score (nSPS) is 17.7. The Labute approximate surface area is 178 Å². The van der Waals surface area contributed by atoms with Gasteiger partial charge in [0, 0.05) is 31.1 Å². The number of alkyl halides is 3. The van der Waals surface area contributed by atoms with Gasteiger partial charge in [-0.2, -0.15) is 13.2 Å². The van der Waals surface area contributed by atoms with Gasteiger partial charge in [-0.15, -0.1) is 0 Å². The van der Waals surface area contributed by atoms with E-state index in [4.69, 9.17) is 5.11 Å². The third-order valence-electron chi connectivity index (χ3n) is 5.62. The number of nitrogens with zero attached hydrogens (tertiary/aromatic N) is 2. The number of amides is 1. The van der Waals surface area contributed by atoms with Gasteiger partial charge in [0.25, 0.3) is 0 Å². The van der Waals surface area contributed by atoms with Crippen LogP contribution in [0.2, 0.25) is 0 Å². The molecule has 0 unspecified atom stereocenters. The first kappa shape index (κ1) is 21.9. The molecule has 2 aliphatic rings. The van der Waals surface area contributed by atoms with Gasteiger partial charge in [-0.25, -0.2) is 9.18 Å². The minimum absolute atomic E-state index is 0.0202. The molecule has 32 heavy (non-hydrogen) atoms. The lowest BCUT2D eigenvalue weighted by atomic mass is 9.81. The van der Waals surface area contributed by atoms with Crippen molar-refractivity contribution in [1.82, 2.24) is 9.88 Å². The maximum Gasteiger partial charge on any atom is 0.511 e. The highest BCUT2D eigenvalue weighted by molar-refractivity contribution is 5.85. The predicted octanol–water partition coefficient (Wildman–Crippen LogP) is 3.04. The Hall–Kier alpha value is -3.31. The SMILES string of the molecule is CC1(CNC(=O)C(F)(F)F)CN(c2cc3c(cc2F)c(=O)c(OC(=O)O)cn3C2CC2)C1. The lowest BCUT2D eigenvalue weighted by molar-refractivity contribution is -0.174. The van der Waals surface area contributed by atoms with E-state index in [-0.39, 0.29) is 36.7 Å². The third kappa shape index (κ3) is 4.08. The van der Waals surface area contributed by atoms with Crippen molar-refractivity contribution in [2.45, 2.75) is 32.0 Å². The molecule has 1 aromatic heterocycles. The number of halogens is 4. The van der Waals surface area contributed by atoms with Crippen LogP contribution < -0.4 is 20.4 Å². The Balaban J connectivity index is 1.61. The third-order valence-corrected chi connectivity index (χ3v) is 5.62. The highest BCUT2D eigenvalue weighted by atomic mass is 19.4. The van der Waals surface area contributed by atoms with E-state index in [1.807, 2.05) is 5.32 Å². The molecular formula is C20H19F4N3O5. The zero-order chi connectivity index (χ0) is 23.4. The van der Waals surface area contributed by atoms with E-state index in [2.05, 4.69) is 4.74 Å². The van der Waals surface area contributed by atoms with Crippen molar-refractivity contribution in [3.63, 3.8) is 0 Å². The Morgan fingerprint density at radius 2 is 1.94 bits per heavy atom. The Bertz CT molecular complexity index is 1170. The molecule has 2 fully saturated rings. The maximum absolute atomic E-state index is 14.9. The van der Waals surface area contributed by atoms with Crippen molar-refractivity contribution in [3.05, 3.63) is 34.4 Å². The van der Waals surface area contributed by atoms with Crippen LogP contribution in [-0.2, 0) is 4.79 Å². The number of carboxylic acid groups (broad SMARTS) is 1. The first-order valence-corrected chi connectivity index (χ1v) is 9.77. The standard InChI is InChI=1S/C20H19F4N3O5/c1-19(7-25-17(29)20(22,23)24)8-26(9-19)14-5-13-11(4-12(14)21)16(28)15(32-18(30)31)6-27(13)10-2-3-10/h4-6,10H,2-3,7-9H2,1H3,(H,25,29)(H,30,31). The number of anilines is 1. The minimum Gasteiger partial charge on any atom is -0.449 e. The van der Waals surface area contributed by atoms with E-state index < -0.39 is 40.6 Å². The second-order valence-corrected chi connectivity index (χ2v) is 8.50. The van der Waals surface area contributed by atoms with Crippen LogP contribution in [0, 0.1) is 11.2 Å². The van der Waals surface area contributed by atoms with Gasteiger partial charge in [-0.3, -0.25) is 9.59 Å². The van der Waals surface area contributed by atoms with Crippen LogP contribution in [0.3, 0.4) is 0 Å². The molecule has 0 spiro atoms. The molecule has 0 radical (unpaired) electrons. The quantitative estimate of drug-likeness (QED) is 0.529. The summed E-state index contributed by atoms with van der Waals surface area (Å²) >= 11 is 0. The van der Waals surface area contributed by atoms with E-state index in [9.17, 15) is 31.9 Å². The van der Waals surface area contributed by atoms with Crippen LogP contribution in [-0.4, -0.2) is 47.5 Å². The molecule has 8 nitrogen and oxygen atoms in total. The molecule has 2 aromatic rings. The molecule has 1 amide bonds. The van der Waals surface area contributed by atoms with Crippen LogP contribution >= 0.6 is 0 Å². The molecule has 12 heteroatoms. The molecule has 2 N–H and O–H groups in total. The van der Waals surface area contributed by atoms with Crippen LogP contribution in [0.25, 0.3) is 10.9 Å². The second-order valence-electron chi connectivity index (χ2n) is 8.50. The molecule has 1 aliphatic carbocycles. The number of hydrogen-bond donors (Lipinski definition) is 2. The van der Waals surface area contributed by atoms with E-state index in [1.54, 1.807) is 16.4 Å². The number of carbonyl (C=O) groups is 2. The summed E-state index contributed by atoms with van der Waals surface area (Å²) in [6.07, 6.45) is -3.72.